The first-order valence-electron chi connectivity index (χ1n) is 13.1. The Labute approximate surface area is 232 Å². The third-order valence-electron chi connectivity index (χ3n) is 7.12. The zero-order valence-electron chi connectivity index (χ0n) is 22.5. The van der Waals surface area contributed by atoms with Gasteiger partial charge in [0.25, 0.3) is 5.91 Å². The van der Waals surface area contributed by atoms with E-state index in [2.05, 4.69) is 34.2 Å². The molecular weight excluding hydrogens is 518 g/mol. The van der Waals surface area contributed by atoms with Crippen LogP contribution in [0.5, 0.6) is 11.5 Å². The molecule has 9 heteroatoms. The molecule has 2 amide bonds. The van der Waals surface area contributed by atoms with E-state index in [9.17, 15) is 9.59 Å². The Morgan fingerprint density at radius 3 is 2.53 bits per heavy atom. The second kappa shape index (κ2) is 11.5. The quantitative estimate of drug-likeness (QED) is 0.399. The molecule has 2 aliphatic heterocycles. The molecule has 4 heterocycles. The molecule has 0 N–H and O–H groups in total. The van der Waals surface area contributed by atoms with Crippen LogP contribution in [0.25, 0.3) is 21.7 Å². The fourth-order valence-corrected chi connectivity index (χ4v) is 6.56. The van der Waals surface area contributed by atoms with Gasteiger partial charge in [-0.25, -0.2) is 0 Å². The van der Waals surface area contributed by atoms with Crippen molar-refractivity contribution in [3.05, 3.63) is 47.0 Å². The number of fused-ring (bicyclic) bond motifs is 3. The number of rotatable bonds is 7. The minimum atomic E-state index is 0.0108. The number of aryl methyl sites for hydroxylation is 1. The van der Waals surface area contributed by atoms with Crippen molar-refractivity contribution >= 4 is 34.9 Å². The Hall–Kier alpha value is -2.91. The number of benzene rings is 1. The third-order valence-corrected chi connectivity index (χ3v) is 8.56. The Kier molecular flexibility index (Phi) is 8.04. The normalized spacial score (nSPS) is 15.2. The molecule has 3 aromatic rings. The van der Waals surface area contributed by atoms with E-state index in [1.54, 1.807) is 30.2 Å². The first-order chi connectivity index (χ1) is 18.4. The zero-order chi connectivity index (χ0) is 26.8. The van der Waals surface area contributed by atoms with Gasteiger partial charge < -0.3 is 23.8 Å². The van der Waals surface area contributed by atoms with Crippen LogP contribution in [0.1, 0.15) is 36.3 Å². The second-order valence-electron chi connectivity index (χ2n) is 9.96. The van der Waals surface area contributed by atoms with Gasteiger partial charge in [-0.15, -0.1) is 11.3 Å². The molecule has 0 saturated carbocycles. The first kappa shape index (κ1) is 26.7. The lowest BCUT2D eigenvalue weighted by Gasteiger charge is -2.26. The molecule has 2 aliphatic rings. The number of ether oxygens (including phenoxy) is 2. The van der Waals surface area contributed by atoms with Gasteiger partial charge in [0, 0.05) is 48.7 Å². The summed E-state index contributed by atoms with van der Waals surface area (Å²) in [5, 5.41) is 2.07. The first-order valence-corrected chi connectivity index (χ1v) is 15.4. The van der Waals surface area contributed by atoms with E-state index in [0.717, 1.165) is 40.3 Å². The van der Waals surface area contributed by atoms with E-state index in [0.29, 0.717) is 49.9 Å². The van der Waals surface area contributed by atoms with Crippen molar-refractivity contribution in [1.82, 2.24) is 14.4 Å². The highest BCUT2D eigenvalue weighted by Crippen LogP contribution is 2.45. The smallest absolute Gasteiger partial charge is 0.270 e. The number of carbonyl (C=O) groups is 2. The van der Waals surface area contributed by atoms with Crippen LogP contribution in [0.2, 0.25) is 0 Å². The van der Waals surface area contributed by atoms with Crippen molar-refractivity contribution in [2.24, 2.45) is 0 Å². The van der Waals surface area contributed by atoms with Crippen molar-refractivity contribution in [2.75, 3.05) is 45.3 Å². The summed E-state index contributed by atoms with van der Waals surface area (Å²) >= 11 is 3.22. The van der Waals surface area contributed by atoms with Crippen LogP contribution in [0.4, 0.5) is 0 Å². The molecular formula is C29H35N3O4S2. The van der Waals surface area contributed by atoms with Crippen molar-refractivity contribution in [2.45, 2.75) is 39.3 Å². The lowest BCUT2D eigenvalue weighted by Crippen LogP contribution is -2.38. The van der Waals surface area contributed by atoms with Crippen LogP contribution in [0, 0.1) is 0 Å². The van der Waals surface area contributed by atoms with Crippen molar-refractivity contribution in [1.29, 1.82) is 0 Å². The van der Waals surface area contributed by atoms with Gasteiger partial charge in [0.05, 0.1) is 24.7 Å². The van der Waals surface area contributed by atoms with Gasteiger partial charge >= 0.3 is 0 Å². The summed E-state index contributed by atoms with van der Waals surface area (Å²) in [6, 6.07) is 10.4. The van der Waals surface area contributed by atoms with Gasteiger partial charge in [-0.3, -0.25) is 9.59 Å². The van der Waals surface area contributed by atoms with Gasteiger partial charge in [-0.1, -0.05) is 6.07 Å². The van der Waals surface area contributed by atoms with Crippen molar-refractivity contribution in [3.63, 3.8) is 0 Å². The number of hydrogen-bond acceptors (Lipinski definition) is 6. The average molecular weight is 554 g/mol. The predicted molar refractivity (Wildman–Crippen MR) is 155 cm³/mol. The summed E-state index contributed by atoms with van der Waals surface area (Å²) in [6.07, 6.45) is 3.54. The maximum absolute atomic E-state index is 14.0. The number of nitrogens with zero attached hydrogens (tertiary/aromatic N) is 3. The van der Waals surface area contributed by atoms with Gasteiger partial charge in [-0.05, 0) is 68.2 Å². The summed E-state index contributed by atoms with van der Waals surface area (Å²) in [7, 11) is 1.67. The average Bonchev–Trinajstić information content (AvgIpc) is 3.49. The van der Waals surface area contributed by atoms with Gasteiger partial charge in [0.1, 0.15) is 5.69 Å². The molecule has 1 fully saturated rings. The summed E-state index contributed by atoms with van der Waals surface area (Å²) in [4.78, 5) is 31.4. The Balaban J connectivity index is 1.54. The molecule has 0 bridgehead atoms. The molecule has 1 aromatic carbocycles. The number of aromatic nitrogens is 1. The van der Waals surface area contributed by atoms with Gasteiger partial charge in [0.15, 0.2) is 11.5 Å². The molecule has 0 atom stereocenters. The maximum atomic E-state index is 14.0. The van der Waals surface area contributed by atoms with E-state index in [-0.39, 0.29) is 17.9 Å². The van der Waals surface area contributed by atoms with Crippen LogP contribution < -0.4 is 9.47 Å². The number of thioether (sulfide) groups is 1. The molecule has 0 radical (unpaired) electrons. The SMILES string of the molecule is COc1cc2c(cc1OC(C)C)-c1c(-c3cccs3)cc(C(=O)N3CCCN(C(=O)CSC)CC3)n1CC2. The summed E-state index contributed by atoms with van der Waals surface area (Å²) in [5.41, 5.74) is 5.11. The lowest BCUT2D eigenvalue weighted by atomic mass is 9.95. The lowest BCUT2D eigenvalue weighted by molar-refractivity contribution is -0.128. The van der Waals surface area contributed by atoms with Crippen LogP contribution in [-0.4, -0.2) is 77.6 Å². The third kappa shape index (κ3) is 5.18. The van der Waals surface area contributed by atoms with Crippen LogP contribution in [-0.2, 0) is 17.8 Å². The Bertz CT molecular complexity index is 1320. The fraction of sp³-hybridized carbons (Fsp3) is 0.448. The largest absolute Gasteiger partial charge is 0.493 e. The molecule has 5 rings (SSSR count). The highest BCUT2D eigenvalue weighted by molar-refractivity contribution is 7.99. The standard InChI is InChI=1S/C29H35N3O4S2/c1-19(2)36-25-17-21-20(15-24(25)35-3)8-11-32-23(16-22(28(21)32)26-7-5-14-38-26)29(34)31-10-6-9-30(12-13-31)27(33)18-37-4/h5,7,14-17,19H,6,8-13,18H2,1-4H3. The number of hydrogen-bond donors (Lipinski definition) is 0. The molecule has 2 aromatic heterocycles. The molecule has 202 valence electrons. The number of carbonyl (C=O) groups excluding carboxylic acids is 2. The monoisotopic (exact) mass is 553 g/mol. The van der Waals surface area contributed by atoms with Crippen LogP contribution in [0.15, 0.2) is 35.7 Å². The molecule has 38 heavy (non-hydrogen) atoms. The zero-order valence-corrected chi connectivity index (χ0v) is 24.1. The van der Waals surface area contributed by atoms with E-state index in [1.165, 1.54) is 5.56 Å². The summed E-state index contributed by atoms with van der Waals surface area (Å²) in [6.45, 7) is 7.21. The van der Waals surface area contributed by atoms with Crippen LogP contribution >= 0.6 is 23.1 Å². The van der Waals surface area contributed by atoms with E-state index < -0.39 is 0 Å². The second-order valence-corrected chi connectivity index (χ2v) is 11.8. The molecule has 0 unspecified atom stereocenters. The summed E-state index contributed by atoms with van der Waals surface area (Å²) in [5.74, 6) is 2.11. The predicted octanol–water partition coefficient (Wildman–Crippen LogP) is 5.27. The van der Waals surface area contributed by atoms with E-state index in [1.807, 2.05) is 36.0 Å². The molecule has 1 saturated heterocycles. The fourth-order valence-electron chi connectivity index (χ4n) is 5.38. The van der Waals surface area contributed by atoms with Crippen LogP contribution in [0.3, 0.4) is 0 Å². The van der Waals surface area contributed by atoms with Crippen molar-refractivity contribution < 1.29 is 19.1 Å². The number of amides is 2. The van der Waals surface area contributed by atoms with Crippen molar-refractivity contribution in [3.8, 4) is 33.2 Å². The Morgan fingerprint density at radius 2 is 1.82 bits per heavy atom. The molecule has 0 spiro atoms. The minimum Gasteiger partial charge on any atom is -0.493 e. The molecule has 0 aliphatic carbocycles. The number of methoxy groups -OCH3 is 1. The van der Waals surface area contributed by atoms with E-state index in [4.69, 9.17) is 9.47 Å². The summed E-state index contributed by atoms with van der Waals surface area (Å²) < 4.78 is 14.0. The number of thiophene rings is 1. The maximum Gasteiger partial charge on any atom is 0.270 e. The highest BCUT2D eigenvalue weighted by Gasteiger charge is 2.31. The van der Waals surface area contributed by atoms with Gasteiger partial charge in [0.2, 0.25) is 5.91 Å². The molecule has 7 nitrogen and oxygen atoms in total. The topological polar surface area (TPSA) is 64.0 Å². The van der Waals surface area contributed by atoms with Gasteiger partial charge in [-0.2, -0.15) is 11.8 Å². The van der Waals surface area contributed by atoms with E-state index >= 15 is 0 Å². The minimum absolute atomic E-state index is 0.0108. The Morgan fingerprint density at radius 1 is 1.03 bits per heavy atom. The highest BCUT2D eigenvalue weighted by atomic mass is 32.2.